The van der Waals surface area contributed by atoms with Crippen LogP contribution in [0.4, 0.5) is 5.69 Å². The fourth-order valence-corrected chi connectivity index (χ4v) is 1.32. The van der Waals surface area contributed by atoms with E-state index in [0.717, 1.165) is 5.69 Å². The van der Waals surface area contributed by atoms with E-state index in [1.165, 1.54) is 12.8 Å². The van der Waals surface area contributed by atoms with Crippen molar-refractivity contribution in [2.75, 3.05) is 5.32 Å². The van der Waals surface area contributed by atoms with Crippen LogP contribution in [0.15, 0.2) is 30.3 Å². The van der Waals surface area contributed by atoms with Gasteiger partial charge in [0.25, 0.3) is 0 Å². The highest BCUT2D eigenvalue weighted by Gasteiger charge is 2.24. The SMILES string of the molecule is O=C(CC1CC1)Nc1ccccc1. The molecule has 2 heteroatoms. The van der Waals surface area contributed by atoms with Crippen LogP contribution in [0.1, 0.15) is 19.3 Å². The molecule has 1 amide bonds. The van der Waals surface area contributed by atoms with Crippen molar-refractivity contribution in [3.05, 3.63) is 30.3 Å². The van der Waals surface area contributed by atoms with E-state index >= 15 is 0 Å². The minimum atomic E-state index is 0.147. The summed E-state index contributed by atoms with van der Waals surface area (Å²) in [7, 11) is 0. The van der Waals surface area contributed by atoms with Crippen LogP contribution in [0.2, 0.25) is 0 Å². The van der Waals surface area contributed by atoms with Crippen molar-refractivity contribution in [3.63, 3.8) is 0 Å². The molecule has 0 atom stereocenters. The van der Waals surface area contributed by atoms with E-state index in [1.54, 1.807) is 0 Å². The van der Waals surface area contributed by atoms with Crippen LogP contribution >= 0.6 is 0 Å². The molecule has 0 spiro atoms. The summed E-state index contributed by atoms with van der Waals surface area (Å²) in [4.78, 5) is 11.4. The van der Waals surface area contributed by atoms with Crippen LogP contribution in [0.25, 0.3) is 0 Å². The molecule has 1 aromatic carbocycles. The number of hydrogen-bond donors (Lipinski definition) is 1. The molecule has 0 heterocycles. The molecular formula is C11H13NO. The summed E-state index contributed by atoms with van der Waals surface area (Å²) in [6.45, 7) is 0. The third kappa shape index (κ3) is 2.58. The molecular weight excluding hydrogens is 162 g/mol. The fraction of sp³-hybridized carbons (Fsp3) is 0.364. The lowest BCUT2D eigenvalue weighted by Crippen LogP contribution is -2.11. The number of amides is 1. The van der Waals surface area contributed by atoms with Crippen molar-refractivity contribution < 1.29 is 4.79 Å². The summed E-state index contributed by atoms with van der Waals surface area (Å²) in [5.74, 6) is 0.803. The Hall–Kier alpha value is -1.31. The van der Waals surface area contributed by atoms with Gasteiger partial charge in [-0.2, -0.15) is 0 Å². The quantitative estimate of drug-likeness (QED) is 0.751. The summed E-state index contributed by atoms with van der Waals surface area (Å²) in [5.41, 5.74) is 0.896. The number of para-hydroxylation sites is 1. The van der Waals surface area contributed by atoms with Gasteiger partial charge >= 0.3 is 0 Å². The lowest BCUT2D eigenvalue weighted by atomic mass is 10.2. The predicted molar refractivity (Wildman–Crippen MR) is 52.4 cm³/mol. The molecule has 1 aromatic rings. The number of hydrogen-bond acceptors (Lipinski definition) is 1. The second-order valence-electron chi connectivity index (χ2n) is 3.56. The van der Waals surface area contributed by atoms with Crippen LogP contribution in [-0.2, 0) is 4.79 Å². The standard InChI is InChI=1S/C11H13NO/c13-11(8-9-6-7-9)12-10-4-2-1-3-5-10/h1-5,9H,6-8H2,(H,12,13). The van der Waals surface area contributed by atoms with Gasteiger partial charge < -0.3 is 5.32 Å². The monoisotopic (exact) mass is 175 g/mol. The minimum absolute atomic E-state index is 0.147. The Labute approximate surface area is 78.0 Å². The maximum Gasteiger partial charge on any atom is 0.224 e. The van der Waals surface area contributed by atoms with Gasteiger partial charge in [0.15, 0.2) is 0 Å². The highest BCUT2D eigenvalue weighted by atomic mass is 16.1. The van der Waals surface area contributed by atoms with Crippen LogP contribution in [0.3, 0.4) is 0 Å². The summed E-state index contributed by atoms with van der Waals surface area (Å²) in [6, 6.07) is 9.60. The Morgan fingerprint density at radius 1 is 1.31 bits per heavy atom. The van der Waals surface area contributed by atoms with Crippen molar-refractivity contribution in [1.82, 2.24) is 0 Å². The topological polar surface area (TPSA) is 29.1 Å². The van der Waals surface area contributed by atoms with Gasteiger partial charge in [-0.05, 0) is 30.9 Å². The predicted octanol–water partition coefficient (Wildman–Crippen LogP) is 2.43. The minimum Gasteiger partial charge on any atom is -0.326 e. The summed E-state index contributed by atoms with van der Waals surface area (Å²) in [6.07, 6.45) is 3.14. The van der Waals surface area contributed by atoms with Gasteiger partial charge in [0.2, 0.25) is 5.91 Å². The number of nitrogens with one attached hydrogen (secondary N) is 1. The van der Waals surface area contributed by atoms with Gasteiger partial charge in [0, 0.05) is 12.1 Å². The van der Waals surface area contributed by atoms with Crippen molar-refractivity contribution in [3.8, 4) is 0 Å². The average molecular weight is 175 g/mol. The first-order valence-corrected chi connectivity index (χ1v) is 4.69. The summed E-state index contributed by atoms with van der Waals surface area (Å²) >= 11 is 0. The van der Waals surface area contributed by atoms with E-state index in [4.69, 9.17) is 0 Å². The zero-order valence-corrected chi connectivity index (χ0v) is 7.49. The van der Waals surface area contributed by atoms with Crippen LogP contribution in [-0.4, -0.2) is 5.91 Å². The zero-order chi connectivity index (χ0) is 9.10. The molecule has 0 saturated heterocycles. The van der Waals surface area contributed by atoms with E-state index in [-0.39, 0.29) is 5.91 Å². The van der Waals surface area contributed by atoms with Gasteiger partial charge in [0.1, 0.15) is 0 Å². The number of carbonyl (C=O) groups is 1. The van der Waals surface area contributed by atoms with E-state index in [9.17, 15) is 4.79 Å². The van der Waals surface area contributed by atoms with Gasteiger partial charge in [-0.25, -0.2) is 0 Å². The zero-order valence-electron chi connectivity index (χ0n) is 7.49. The molecule has 68 valence electrons. The van der Waals surface area contributed by atoms with E-state index in [2.05, 4.69) is 5.32 Å². The molecule has 13 heavy (non-hydrogen) atoms. The number of anilines is 1. The molecule has 1 aliphatic rings. The van der Waals surface area contributed by atoms with E-state index in [0.29, 0.717) is 12.3 Å². The van der Waals surface area contributed by atoms with Crippen molar-refractivity contribution in [2.24, 2.45) is 5.92 Å². The van der Waals surface area contributed by atoms with Crippen molar-refractivity contribution in [2.45, 2.75) is 19.3 Å². The Bertz CT molecular complexity index is 290. The summed E-state index contributed by atoms with van der Waals surface area (Å²) in [5, 5.41) is 2.87. The van der Waals surface area contributed by atoms with Gasteiger partial charge in [-0.15, -0.1) is 0 Å². The third-order valence-corrected chi connectivity index (χ3v) is 2.23. The van der Waals surface area contributed by atoms with E-state index < -0.39 is 0 Å². The van der Waals surface area contributed by atoms with Gasteiger partial charge in [-0.1, -0.05) is 18.2 Å². The normalized spacial score (nSPS) is 15.4. The lowest BCUT2D eigenvalue weighted by Gasteiger charge is -2.02. The Morgan fingerprint density at radius 2 is 2.00 bits per heavy atom. The fourth-order valence-electron chi connectivity index (χ4n) is 1.32. The highest BCUT2D eigenvalue weighted by Crippen LogP contribution is 2.32. The molecule has 2 nitrogen and oxygen atoms in total. The van der Waals surface area contributed by atoms with Crippen LogP contribution in [0, 0.1) is 5.92 Å². The Kier molecular flexibility index (Phi) is 2.30. The summed E-state index contributed by atoms with van der Waals surface area (Å²) < 4.78 is 0. The van der Waals surface area contributed by atoms with Crippen molar-refractivity contribution in [1.29, 1.82) is 0 Å². The average Bonchev–Trinajstić information content (AvgIpc) is 2.90. The molecule has 0 radical (unpaired) electrons. The Balaban J connectivity index is 1.86. The molecule has 0 unspecified atom stereocenters. The van der Waals surface area contributed by atoms with Crippen LogP contribution < -0.4 is 5.32 Å². The van der Waals surface area contributed by atoms with Gasteiger partial charge in [-0.3, -0.25) is 4.79 Å². The molecule has 1 fully saturated rings. The second-order valence-corrected chi connectivity index (χ2v) is 3.56. The lowest BCUT2D eigenvalue weighted by molar-refractivity contribution is -0.116. The smallest absolute Gasteiger partial charge is 0.224 e. The Morgan fingerprint density at radius 3 is 2.62 bits per heavy atom. The highest BCUT2D eigenvalue weighted by molar-refractivity contribution is 5.90. The number of carbonyl (C=O) groups excluding carboxylic acids is 1. The maximum atomic E-state index is 11.4. The molecule has 2 rings (SSSR count). The molecule has 0 bridgehead atoms. The third-order valence-electron chi connectivity index (χ3n) is 2.23. The van der Waals surface area contributed by atoms with E-state index in [1.807, 2.05) is 30.3 Å². The molecule has 1 saturated carbocycles. The van der Waals surface area contributed by atoms with Gasteiger partial charge in [0.05, 0.1) is 0 Å². The number of benzene rings is 1. The van der Waals surface area contributed by atoms with Crippen molar-refractivity contribution >= 4 is 11.6 Å². The first kappa shape index (κ1) is 8.30. The second kappa shape index (κ2) is 3.60. The molecule has 1 aliphatic carbocycles. The van der Waals surface area contributed by atoms with Crippen LogP contribution in [0.5, 0.6) is 0 Å². The largest absolute Gasteiger partial charge is 0.326 e. The molecule has 1 N–H and O–H groups in total. The first-order chi connectivity index (χ1) is 6.34. The first-order valence-electron chi connectivity index (χ1n) is 4.69. The molecule has 0 aromatic heterocycles. The maximum absolute atomic E-state index is 11.4. The number of rotatable bonds is 3. The molecule has 0 aliphatic heterocycles.